The molecule has 1 unspecified atom stereocenters. The van der Waals surface area contributed by atoms with E-state index in [-0.39, 0.29) is 43.1 Å². The smallest absolute Gasteiger partial charge is 0.225 e. The van der Waals surface area contributed by atoms with Gasteiger partial charge in [0, 0.05) is 12.5 Å². The number of nitrogens with two attached hydrogens (primary N) is 1. The highest BCUT2D eigenvalue weighted by Crippen LogP contribution is 2.49. The van der Waals surface area contributed by atoms with Crippen LogP contribution in [0.15, 0.2) is 36.4 Å². The van der Waals surface area contributed by atoms with Crippen molar-refractivity contribution >= 4 is 23.3 Å². The Morgan fingerprint density at radius 2 is 1.89 bits per heavy atom. The molecule has 0 bridgehead atoms. The molecule has 8 nitrogen and oxygen atoms in total. The SMILES string of the molecule is CC(C)c1cccc(-c2ccc(O)c3c2C[C@H]2C[C@@H](CCO)[C@@](O)(C(=O)CC(N)=O)C(=O)C2C3=O)c1. The van der Waals surface area contributed by atoms with Crippen molar-refractivity contribution in [2.75, 3.05) is 6.61 Å². The van der Waals surface area contributed by atoms with Gasteiger partial charge in [-0.3, -0.25) is 19.2 Å². The molecule has 4 atom stereocenters. The number of benzene rings is 2. The van der Waals surface area contributed by atoms with Crippen LogP contribution in [-0.2, 0) is 20.8 Å². The van der Waals surface area contributed by atoms with Gasteiger partial charge in [-0.15, -0.1) is 0 Å². The predicted octanol–water partition coefficient (Wildman–Crippen LogP) is 2.30. The van der Waals surface area contributed by atoms with Crippen molar-refractivity contribution in [1.82, 2.24) is 0 Å². The fourth-order valence-corrected chi connectivity index (χ4v) is 5.88. The predicted molar refractivity (Wildman–Crippen MR) is 131 cm³/mol. The summed E-state index contributed by atoms with van der Waals surface area (Å²) in [5.41, 5.74) is 5.93. The minimum Gasteiger partial charge on any atom is -0.507 e. The molecule has 2 aliphatic rings. The Labute approximate surface area is 209 Å². The van der Waals surface area contributed by atoms with Gasteiger partial charge in [-0.1, -0.05) is 44.2 Å². The van der Waals surface area contributed by atoms with Crippen molar-refractivity contribution < 1.29 is 34.5 Å². The Morgan fingerprint density at radius 3 is 2.53 bits per heavy atom. The fraction of sp³-hybridized carbons (Fsp3) is 0.429. The standard InChI is InChI=1S/C28H31NO7/c1-14(2)15-4-3-5-16(10-15)19-6-7-21(31)25-20(19)12-17-11-18(8-9-30)28(36,22(32)13-23(29)33)27(35)24(17)26(25)34/h3-7,10,14,17-18,24,30-31,36H,8-9,11-13H2,1-2H3,(H2,29,33)/t17-,18-,24?,28-/m1/s1. The largest absolute Gasteiger partial charge is 0.507 e. The van der Waals surface area contributed by atoms with Gasteiger partial charge in [0.2, 0.25) is 5.91 Å². The van der Waals surface area contributed by atoms with E-state index in [9.17, 15) is 34.5 Å². The van der Waals surface area contributed by atoms with Crippen LogP contribution in [0.2, 0.25) is 0 Å². The van der Waals surface area contributed by atoms with Gasteiger partial charge in [0.1, 0.15) is 5.75 Å². The lowest BCUT2D eigenvalue weighted by molar-refractivity contribution is -0.167. The molecule has 36 heavy (non-hydrogen) atoms. The number of amides is 1. The summed E-state index contributed by atoms with van der Waals surface area (Å²) in [5.74, 6) is -6.56. The summed E-state index contributed by atoms with van der Waals surface area (Å²) in [5, 5.41) is 31.5. The third kappa shape index (κ3) is 4.14. The number of ketones is 3. The Kier molecular flexibility index (Phi) is 6.86. The summed E-state index contributed by atoms with van der Waals surface area (Å²) in [6, 6.07) is 11.1. The summed E-state index contributed by atoms with van der Waals surface area (Å²) >= 11 is 0. The second-order valence-corrected chi connectivity index (χ2v) is 10.2. The van der Waals surface area contributed by atoms with E-state index in [4.69, 9.17) is 5.73 Å². The van der Waals surface area contributed by atoms with E-state index in [0.29, 0.717) is 5.56 Å². The van der Waals surface area contributed by atoms with Crippen LogP contribution in [0.4, 0.5) is 0 Å². The number of phenols is 1. The quantitative estimate of drug-likeness (QED) is 0.431. The number of aliphatic hydroxyl groups excluding tert-OH is 1. The molecule has 8 heteroatoms. The third-order valence-corrected chi connectivity index (χ3v) is 7.70. The maximum absolute atomic E-state index is 13.7. The zero-order chi connectivity index (χ0) is 26.4. The van der Waals surface area contributed by atoms with E-state index in [1.807, 2.05) is 24.3 Å². The molecule has 2 aliphatic carbocycles. The zero-order valence-electron chi connectivity index (χ0n) is 20.4. The van der Waals surface area contributed by atoms with E-state index in [1.54, 1.807) is 6.07 Å². The van der Waals surface area contributed by atoms with E-state index < -0.39 is 53.0 Å². The maximum atomic E-state index is 13.7. The summed E-state index contributed by atoms with van der Waals surface area (Å²) < 4.78 is 0. The summed E-state index contributed by atoms with van der Waals surface area (Å²) in [6.07, 6.45) is -0.520. The monoisotopic (exact) mass is 493 g/mol. The molecule has 1 fully saturated rings. The molecular weight excluding hydrogens is 462 g/mol. The van der Waals surface area contributed by atoms with Gasteiger partial charge in [0.25, 0.3) is 0 Å². The van der Waals surface area contributed by atoms with Gasteiger partial charge < -0.3 is 21.1 Å². The molecule has 0 aromatic heterocycles. The molecule has 4 rings (SSSR count). The molecule has 2 aromatic rings. The average Bonchev–Trinajstić information content (AvgIpc) is 2.82. The first-order chi connectivity index (χ1) is 17.0. The van der Waals surface area contributed by atoms with Crippen LogP contribution in [0.5, 0.6) is 5.75 Å². The van der Waals surface area contributed by atoms with Crippen LogP contribution in [0.25, 0.3) is 11.1 Å². The number of hydrogen-bond acceptors (Lipinski definition) is 7. The first-order valence-electron chi connectivity index (χ1n) is 12.2. The number of carbonyl (C=O) groups is 4. The van der Waals surface area contributed by atoms with Crippen molar-refractivity contribution in [2.24, 2.45) is 23.5 Å². The number of carbonyl (C=O) groups excluding carboxylic acids is 4. The number of hydrogen-bond donors (Lipinski definition) is 4. The lowest BCUT2D eigenvalue weighted by Crippen LogP contribution is -2.63. The Hall–Kier alpha value is -3.36. The van der Waals surface area contributed by atoms with Gasteiger partial charge in [0.15, 0.2) is 23.0 Å². The molecule has 0 spiro atoms. The van der Waals surface area contributed by atoms with Gasteiger partial charge >= 0.3 is 0 Å². The van der Waals surface area contributed by atoms with Crippen molar-refractivity contribution in [2.45, 2.75) is 51.0 Å². The number of aromatic hydroxyl groups is 1. The van der Waals surface area contributed by atoms with Gasteiger partial charge in [-0.05, 0) is 59.4 Å². The number of rotatable bonds is 7. The van der Waals surface area contributed by atoms with E-state index in [2.05, 4.69) is 13.8 Å². The van der Waals surface area contributed by atoms with Crippen molar-refractivity contribution in [3.05, 3.63) is 53.1 Å². The highest BCUT2D eigenvalue weighted by molar-refractivity contribution is 6.24. The number of fused-ring (bicyclic) bond motifs is 2. The second-order valence-electron chi connectivity index (χ2n) is 10.2. The van der Waals surface area contributed by atoms with E-state index >= 15 is 0 Å². The topological polar surface area (TPSA) is 155 Å². The minimum absolute atomic E-state index is 0.0161. The van der Waals surface area contributed by atoms with Crippen molar-refractivity contribution in [3.63, 3.8) is 0 Å². The lowest BCUT2D eigenvalue weighted by atomic mass is 9.57. The van der Waals surface area contributed by atoms with Gasteiger partial charge in [0.05, 0.1) is 17.9 Å². The van der Waals surface area contributed by atoms with Crippen LogP contribution in [-0.4, -0.2) is 50.8 Å². The normalized spacial score (nSPS) is 25.4. The van der Waals surface area contributed by atoms with Crippen LogP contribution in [0.3, 0.4) is 0 Å². The Balaban J connectivity index is 1.82. The fourth-order valence-electron chi connectivity index (χ4n) is 5.88. The number of phenolic OH excluding ortho intramolecular Hbond substituents is 1. The molecule has 5 N–H and O–H groups in total. The molecule has 1 amide bonds. The third-order valence-electron chi connectivity index (χ3n) is 7.70. The highest BCUT2D eigenvalue weighted by atomic mass is 16.3. The van der Waals surface area contributed by atoms with Crippen LogP contribution in [0, 0.1) is 17.8 Å². The van der Waals surface area contributed by atoms with Gasteiger partial charge in [-0.2, -0.15) is 0 Å². The van der Waals surface area contributed by atoms with Crippen molar-refractivity contribution in [3.8, 4) is 16.9 Å². The molecule has 0 heterocycles. The van der Waals surface area contributed by atoms with Crippen LogP contribution >= 0.6 is 0 Å². The molecule has 2 aromatic carbocycles. The minimum atomic E-state index is -2.61. The van der Waals surface area contributed by atoms with Crippen LogP contribution in [0.1, 0.15) is 60.5 Å². The zero-order valence-corrected chi connectivity index (χ0v) is 20.4. The number of Topliss-reactive ketones (excluding diaryl/α,β-unsaturated/α-hetero) is 3. The van der Waals surface area contributed by atoms with Gasteiger partial charge in [-0.25, -0.2) is 0 Å². The Morgan fingerprint density at radius 1 is 1.17 bits per heavy atom. The maximum Gasteiger partial charge on any atom is 0.225 e. The number of primary amides is 1. The highest BCUT2D eigenvalue weighted by Gasteiger charge is 2.60. The first-order valence-corrected chi connectivity index (χ1v) is 12.2. The molecule has 1 saturated carbocycles. The van der Waals surface area contributed by atoms with E-state index in [1.165, 1.54) is 6.07 Å². The summed E-state index contributed by atoms with van der Waals surface area (Å²) in [6.45, 7) is 3.77. The van der Waals surface area contributed by atoms with E-state index in [0.717, 1.165) is 16.7 Å². The van der Waals surface area contributed by atoms with Crippen molar-refractivity contribution in [1.29, 1.82) is 0 Å². The molecular formula is C28H31NO7. The molecule has 0 aliphatic heterocycles. The molecule has 0 saturated heterocycles. The number of aliphatic hydroxyl groups is 2. The summed E-state index contributed by atoms with van der Waals surface area (Å²) in [4.78, 5) is 51.5. The molecule has 190 valence electrons. The summed E-state index contributed by atoms with van der Waals surface area (Å²) in [7, 11) is 0. The second kappa shape index (κ2) is 9.59. The molecule has 0 radical (unpaired) electrons. The lowest BCUT2D eigenvalue weighted by Gasteiger charge is -2.46. The average molecular weight is 494 g/mol. The first kappa shape index (κ1) is 25.7. The van der Waals surface area contributed by atoms with Crippen LogP contribution < -0.4 is 5.73 Å². The Bertz CT molecular complexity index is 1250.